The molecule has 10 nitrogen and oxygen atoms in total. The molecule has 2 aromatic rings. The molecule has 1 fully saturated rings. The number of sulfonamides is 1. The molecule has 11 heteroatoms. The molecule has 0 radical (unpaired) electrons. The lowest BCUT2D eigenvalue weighted by Gasteiger charge is -2.20. The van der Waals surface area contributed by atoms with Crippen molar-refractivity contribution in [3.63, 3.8) is 0 Å². The predicted octanol–water partition coefficient (Wildman–Crippen LogP) is 1.09. The van der Waals surface area contributed by atoms with Crippen LogP contribution in [0.15, 0.2) is 28.9 Å². The van der Waals surface area contributed by atoms with Gasteiger partial charge in [0.2, 0.25) is 10.0 Å². The summed E-state index contributed by atoms with van der Waals surface area (Å²) in [5, 5.41) is 7.11. The Bertz CT molecular complexity index is 950. The maximum absolute atomic E-state index is 12.4. The second-order valence-corrected chi connectivity index (χ2v) is 8.27. The number of amides is 4. The van der Waals surface area contributed by atoms with Gasteiger partial charge in [0.05, 0.1) is 31.3 Å². The van der Waals surface area contributed by atoms with Crippen LogP contribution >= 0.6 is 0 Å². The highest BCUT2D eigenvalue weighted by Gasteiger charge is 2.38. The monoisotopic (exact) mass is 395 g/mol. The van der Waals surface area contributed by atoms with Crippen LogP contribution in [0.3, 0.4) is 0 Å². The lowest BCUT2D eigenvalue weighted by Crippen LogP contribution is -2.45. The van der Waals surface area contributed by atoms with Crippen LogP contribution in [0.25, 0.3) is 0 Å². The second-order valence-electron chi connectivity index (χ2n) is 6.36. The molecule has 146 valence electrons. The number of urea groups is 2. The van der Waals surface area contributed by atoms with Gasteiger partial charge in [0, 0.05) is 12.2 Å². The molecule has 0 aliphatic carbocycles. The van der Waals surface area contributed by atoms with E-state index in [0.29, 0.717) is 10.1 Å². The molecule has 1 unspecified atom stereocenters. The summed E-state index contributed by atoms with van der Waals surface area (Å²) in [5.41, 5.74) is 1.72. The molecule has 1 atom stereocenters. The number of carbonyl (C=O) groups is 2. The predicted molar refractivity (Wildman–Crippen MR) is 95.6 cm³/mol. The molecule has 0 saturated carbocycles. The van der Waals surface area contributed by atoms with Crippen LogP contribution in [0.5, 0.6) is 0 Å². The highest BCUT2D eigenvalue weighted by molar-refractivity contribution is 7.88. The molecule has 3 rings (SSSR count). The average molecular weight is 395 g/mol. The first kappa shape index (κ1) is 19.0. The number of nitrogens with one attached hydrogen (secondary N) is 1. The number of hydrogen-bond donors (Lipinski definition) is 1. The van der Waals surface area contributed by atoms with Crippen molar-refractivity contribution in [2.24, 2.45) is 0 Å². The van der Waals surface area contributed by atoms with Crippen molar-refractivity contribution in [2.45, 2.75) is 19.9 Å². The maximum atomic E-state index is 12.4. The van der Waals surface area contributed by atoms with Gasteiger partial charge in [-0.15, -0.1) is 0 Å². The summed E-state index contributed by atoms with van der Waals surface area (Å²) in [6, 6.07) is 3.51. The Balaban J connectivity index is 1.74. The standard InChI is InChI=1S/C16H21N5O5S/c1-11-9-12(2)21(18-11)13(14-5-4-8-26-14)10-17-15(22)19-6-7-20(16(19)23)27(3,24)25/h4-5,8-9,13H,6-7,10H2,1-3H3,(H,17,22). The molecule has 1 N–H and O–H groups in total. The molecular weight excluding hydrogens is 374 g/mol. The van der Waals surface area contributed by atoms with Gasteiger partial charge in [-0.25, -0.2) is 27.2 Å². The van der Waals surface area contributed by atoms with Gasteiger partial charge in [-0.1, -0.05) is 0 Å². The Hall–Kier alpha value is -2.82. The lowest BCUT2D eigenvalue weighted by molar-refractivity contribution is 0.193. The summed E-state index contributed by atoms with van der Waals surface area (Å²) in [7, 11) is -3.70. The Morgan fingerprint density at radius 1 is 1.37 bits per heavy atom. The van der Waals surface area contributed by atoms with E-state index in [2.05, 4.69) is 10.4 Å². The normalized spacial score (nSPS) is 16.0. The molecule has 0 bridgehead atoms. The third-order valence-electron chi connectivity index (χ3n) is 4.27. The number of carbonyl (C=O) groups excluding carboxylic acids is 2. The summed E-state index contributed by atoms with van der Waals surface area (Å²) in [5.74, 6) is 0.604. The lowest BCUT2D eigenvalue weighted by atomic mass is 10.2. The van der Waals surface area contributed by atoms with Crippen molar-refractivity contribution >= 4 is 22.1 Å². The van der Waals surface area contributed by atoms with Gasteiger partial charge in [0.1, 0.15) is 11.8 Å². The highest BCUT2D eigenvalue weighted by atomic mass is 32.2. The molecule has 0 spiro atoms. The van der Waals surface area contributed by atoms with E-state index in [1.54, 1.807) is 16.8 Å². The fraction of sp³-hybridized carbons (Fsp3) is 0.438. The molecule has 1 saturated heterocycles. The molecule has 1 aliphatic rings. The van der Waals surface area contributed by atoms with Crippen LogP contribution in [0.4, 0.5) is 9.59 Å². The first-order valence-corrected chi connectivity index (χ1v) is 10.2. The van der Waals surface area contributed by atoms with Crippen molar-refractivity contribution < 1.29 is 22.4 Å². The van der Waals surface area contributed by atoms with Gasteiger partial charge in [-0.3, -0.25) is 4.68 Å². The average Bonchev–Trinajstić information content (AvgIpc) is 3.28. The molecule has 0 aromatic carbocycles. The van der Waals surface area contributed by atoms with Crippen LogP contribution in [-0.4, -0.2) is 65.4 Å². The number of nitrogens with zero attached hydrogens (tertiary/aromatic N) is 4. The Kier molecular flexibility index (Phi) is 4.96. The van der Waals surface area contributed by atoms with Gasteiger partial charge in [-0.05, 0) is 32.0 Å². The number of aryl methyl sites for hydroxylation is 2. The van der Waals surface area contributed by atoms with Crippen molar-refractivity contribution in [1.82, 2.24) is 24.3 Å². The third kappa shape index (κ3) is 3.82. The van der Waals surface area contributed by atoms with E-state index >= 15 is 0 Å². The smallest absolute Gasteiger partial charge is 0.341 e. The minimum absolute atomic E-state index is 0.00304. The van der Waals surface area contributed by atoms with E-state index in [1.807, 2.05) is 19.9 Å². The van der Waals surface area contributed by atoms with E-state index in [-0.39, 0.29) is 19.6 Å². The Morgan fingerprint density at radius 3 is 2.63 bits per heavy atom. The van der Waals surface area contributed by atoms with Crippen LogP contribution < -0.4 is 5.32 Å². The van der Waals surface area contributed by atoms with Gasteiger partial charge >= 0.3 is 12.1 Å². The largest absolute Gasteiger partial charge is 0.467 e. The number of hydrogen-bond acceptors (Lipinski definition) is 6. The van der Waals surface area contributed by atoms with Crippen LogP contribution in [-0.2, 0) is 10.0 Å². The quantitative estimate of drug-likeness (QED) is 0.810. The van der Waals surface area contributed by atoms with Crippen molar-refractivity contribution in [3.8, 4) is 0 Å². The van der Waals surface area contributed by atoms with E-state index < -0.39 is 28.1 Å². The van der Waals surface area contributed by atoms with Crippen molar-refractivity contribution in [1.29, 1.82) is 0 Å². The zero-order valence-corrected chi connectivity index (χ0v) is 16.1. The Labute approximate surface area is 156 Å². The number of rotatable bonds is 5. The fourth-order valence-electron chi connectivity index (χ4n) is 3.04. The topological polar surface area (TPSA) is 118 Å². The highest BCUT2D eigenvalue weighted by Crippen LogP contribution is 2.21. The summed E-state index contributed by atoms with van der Waals surface area (Å²) in [6.07, 6.45) is 2.46. The molecule has 1 aliphatic heterocycles. The van der Waals surface area contributed by atoms with E-state index in [9.17, 15) is 18.0 Å². The van der Waals surface area contributed by atoms with Crippen molar-refractivity contribution in [2.75, 3.05) is 25.9 Å². The van der Waals surface area contributed by atoms with Crippen LogP contribution in [0.2, 0.25) is 0 Å². The first-order chi connectivity index (χ1) is 12.7. The van der Waals surface area contributed by atoms with Gasteiger partial charge in [0.15, 0.2) is 0 Å². The minimum Gasteiger partial charge on any atom is -0.467 e. The van der Waals surface area contributed by atoms with Gasteiger partial charge < -0.3 is 9.73 Å². The molecule has 4 amide bonds. The van der Waals surface area contributed by atoms with Gasteiger partial charge in [0.25, 0.3) is 0 Å². The number of furan rings is 1. The van der Waals surface area contributed by atoms with Gasteiger partial charge in [-0.2, -0.15) is 5.10 Å². The van der Waals surface area contributed by atoms with Crippen molar-refractivity contribution in [3.05, 3.63) is 41.6 Å². The zero-order chi connectivity index (χ0) is 19.8. The minimum atomic E-state index is -3.70. The second kappa shape index (κ2) is 7.06. The number of aromatic nitrogens is 2. The van der Waals surface area contributed by atoms with E-state index in [0.717, 1.165) is 22.5 Å². The molecule has 3 heterocycles. The molecule has 2 aromatic heterocycles. The summed E-state index contributed by atoms with van der Waals surface area (Å²) >= 11 is 0. The third-order valence-corrected chi connectivity index (χ3v) is 5.41. The first-order valence-electron chi connectivity index (χ1n) is 8.31. The molecular formula is C16H21N5O5S. The summed E-state index contributed by atoms with van der Waals surface area (Å²) in [4.78, 5) is 25.5. The van der Waals surface area contributed by atoms with Crippen LogP contribution in [0, 0.1) is 13.8 Å². The zero-order valence-electron chi connectivity index (χ0n) is 15.2. The van der Waals surface area contributed by atoms with E-state index in [4.69, 9.17) is 4.42 Å². The number of imide groups is 1. The molecule has 27 heavy (non-hydrogen) atoms. The Morgan fingerprint density at radius 2 is 2.11 bits per heavy atom. The summed E-state index contributed by atoms with van der Waals surface area (Å²) in [6.45, 7) is 3.83. The van der Waals surface area contributed by atoms with Crippen LogP contribution in [0.1, 0.15) is 23.2 Å². The maximum Gasteiger partial charge on any atom is 0.341 e. The van der Waals surface area contributed by atoms with E-state index in [1.165, 1.54) is 6.26 Å². The SMILES string of the molecule is Cc1cc(C)n(C(CNC(=O)N2CCN(S(C)(=O)=O)C2=O)c2ccco2)n1. The fourth-order valence-corrected chi connectivity index (χ4v) is 3.84. The summed E-state index contributed by atoms with van der Waals surface area (Å²) < 4.78 is 31.1.